The van der Waals surface area contributed by atoms with Crippen molar-refractivity contribution in [1.82, 2.24) is 10.2 Å². The van der Waals surface area contributed by atoms with E-state index in [9.17, 15) is 18.4 Å². The van der Waals surface area contributed by atoms with Crippen LogP contribution in [0.3, 0.4) is 0 Å². The molecule has 2 amide bonds. The lowest BCUT2D eigenvalue weighted by atomic mass is 10.1. The molecule has 2 N–H and O–H groups in total. The minimum absolute atomic E-state index is 0.153. The Hall–Kier alpha value is -1.40. The number of hydrogen-bond acceptors (Lipinski definition) is 2. The van der Waals surface area contributed by atoms with Crippen LogP contribution in [0.1, 0.15) is 13.3 Å². The van der Waals surface area contributed by atoms with E-state index in [-0.39, 0.29) is 13.0 Å². The molecule has 0 aliphatic carbocycles. The molecule has 0 radical (unpaired) electrons. The Bertz CT molecular complexity index is 249. The van der Waals surface area contributed by atoms with E-state index in [4.69, 9.17) is 5.11 Å². The number of halogens is 2. The van der Waals surface area contributed by atoms with Crippen molar-refractivity contribution in [2.75, 3.05) is 20.1 Å². The van der Waals surface area contributed by atoms with Crippen LogP contribution in [0.2, 0.25) is 0 Å². The molecular weight excluding hydrogens is 222 g/mol. The van der Waals surface area contributed by atoms with Crippen LogP contribution < -0.4 is 5.32 Å². The van der Waals surface area contributed by atoms with E-state index in [0.717, 1.165) is 4.90 Å². The maximum Gasteiger partial charge on any atom is 0.317 e. The van der Waals surface area contributed by atoms with Gasteiger partial charge in [0.25, 0.3) is 6.43 Å². The van der Waals surface area contributed by atoms with Gasteiger partial charge in [-0.2, -0.15) is 0 Å². The smallest absolute Gasteiger partial charge is 0.317 e. The van der Waals surface area contributed by atoms with Crippen LogP contribution in [-0.4, -0.2) is 48.6 Å². The van der Waals surface area contributed by atoms with Crippen molar-refractivity contribution in [3.8, 4) is 0 Å². The van der Waals surface area contributed by atoms with Crippen LogP contribution in [0.15, 0.2) is 0 Å². The van der Waals surface area contributed by atoms with Gasteiger partial charge in [-0.3, -0.25) is 4.79 Å². The second-order valence-corrected chi connectivity index (χ2v) is 3.53. The van der Waals surface area contributed by atoms with Crippen LogP contribution in [-0.2, 0) is 4.79 Å². The molecule has 0 saturated carbocycles. The Labute approximate surface area is 92.4 Å². The van der Waals surface area contributed by atoms with Gasteiger partial charge in [-0.15, -0.1) is 0 Å². The van der Waals surface area contributed by atoms with Crippen molar-refractivity contribution < 1.29 is 23.5 Å². The van der Waals surface area contributed by atoms with Gasteiger partial charge in [0.15, 0.2) is 0 Å². The number of alkyl halides is 2. The van der Waals surface area contributed by atoms with Gasteiger partial charge in [0.2, 0.25) is 0 Å². The molecule has 1 atom stereocenters. The highest BCUT2D eigenvalue weighted by molar-refractivity contribution is 5.74. The predicted molar refractivity (Wildman–Crippen MR) is 53.4 cm³/mol. The van der Waals surface area contributed by atoms with Crippen molar-refractivity contribution in [3.05, 3.63) is 0 Å². The minimum atomic E-state index is -2.58. The average molecular weight is 238 g/mol. The first kappa shape index (κ1) is 14.6. The van der Waals surface area contributed by atoms with Crippen molar-refractivity contribution >= 4 is 12.0 Å². The lowest BCUT2D eigenvalue weighted by Gasteiger charge is -2.17. The van der Waals surface area contributed by atoms with Gasteiger partial charge in [0, 0.05) is 13.6 Å². The zero-order valence-corrected chi connectivity index (χ0v) is 9.24. The van der Waals surface area contributed by atoms with Gasteiger partial charge < -0.3 is 15.3 Å². The largest absolute Gasteiger partial charge is 0.481 e. The molecule has 16 heavy (non-hydrogen) atoms. The van der Waals surface area contributed by atoms with Gasteiger partial charge >= 0.3 is 12.0 Å². The quantitative estimate of drug-likeness (QED) is 0.725. The summed E-state index contributed by atoms with van der Waals surface area (Å²) < 4.78 is 23.8. The molecule has 0 spiro atoms. The lowest BCUT2D eigenvalue weighted by molar-refractivity contribution is -0.141. The summed E-state index contributed by atoms with van der Waals surface area (Å²) >= 11 is 0. The number of carboxylic acid groups (broad SMARTS) is 1. The first-order valence-electron chi connectivity index (χ1n) is 4.84. The molecular formula is C9H16F2N2O3. The maximum atomic E-state index is 11.9. The summed E-state index contributed by atoms with van der Waals surface area (Å²) in [4.78, 5) is 22.5. The molecule has 1 unspecified atom stereocenters. The second kappa shape index (κ2) is 6.97. The third kappa shape index (κ3) is 6.15. The monoisotopic (exact) mass is 238 g/mol. The third-order valence-electron chi connectivity index (χ3n) is 2.03. The molecule has 0 saturated heterocycles. The predicted octanol–water partition coefficient (Wildman–Crippen LogP) is 1.00. The Morgan fingerprint density at radius 1 is 1.44 bits per heavy atom. The van der Waals surface area contributed by atoms with Gasteiger partial charge in [-0.25, -0.2) is 13.6 Å². The number of carbonyl (C=O) groups is 2. The first-order chi connectivity index (χ1) is 7.34. The van der Waals surface area contributed by atoms with Crippen LogP contribution >= 0.6 is 0 Å². The van der Waals surface area contributed by atoms with Crippen LogP contribution in [0.25, 0.3) is 0 Å². The standard InChI is InChI=1S/C9H16F2N2O3/c1-6(8(14)15)3-4-12-9(16)13(2)5-7(10)11/h6-7H,3-5H2,1-2H3,(H,12,16)(H,14,15). The number of nitrogens with zero attached hydrogens (tertiary/aromatic N) is 1. The molecule has 0 fully saturated rings. The number of carbonyl (C=O) groups excluding carboxylic acids is 1. The zero-order valence-electron chi connectivity index (χ0n) is 9.24. The number of nitrogens with one attached hydrogen (secondary N) is 1. The number of aliphatic carboxylic acids is 1. The maximum absolute atomic E-state index is 11.9. The second-order valence-electron chi connectivity index (χ2n) is 3.53. The van der Waals surface area contributed by atoms with Crippen molar-refractivity contribution in [2.45, 2.75) is 19.8 Å². The normalized spacial score (nSPS) is 12.3. The highest BCUT2D eigenvalue weighted by Crippen LogP contribution is 2.00. The molecule has 0 aromatic heterocycles. The van der Waals surface area contributed by atoms with Gasteiger partial charge in [-0.1, -0.05) is 6.92 Å². The number of rotatable bonds is 6. The topological polar surface area (TPSA) is 69.6 Å². The van der Waals surface area contributed by atoms with E-state index < -0.39 is 30.9 Å². The molecule has 0 aliphatic rings. The minimum Gasteiger partial charge on any atom is -0.481 e. The van der Waals surface area contributed by atoms with Crippen LogP contribution in [0.4, 0.5) is 13.6 Å². The molecule has 0 aromatic carbocycles. The summed E-state index contributed by atoms with van der Waals surface area (Å²) in [7, 11) is 1.25. The first-order valence-corrected chi connectivity index (χ1v) is 4.84. The molecule has 0 aliphatic heterocycles. The fourth-order valence-corrected chi connectivity index (χ4v) is 0.944. The van der Waals surface area contributed by atoms with Crippen LogP contribution in [0, 0.1) is 5.92 Å². The summed E-state index contributed by atoms with van der Waals surface area (Å²) in [6, 6.07) is -0.627. The van der Waals surface area contributed by atoms with Crippen LogP contribution in [0.5, 0.6) is 0 Å². The number of urea groups is 1. The van der Waals surface area contributed by atoms with E-state index in [1.807, 2.05) is 0 Å². The fourth-order valence-electron chi connectivity index (χ4n) is 0.944. The summed E-state index contributed by atoms with van der Waals surface area (Å²) in [6.07, 6.45) is -2.31. The summed E-state index contributed by atoms with van der Waals surface area (Å²) in [5.41, 5.74) is 0. The van der Waals surface area contributed by atoms with Crippen molar-refractivity contribution in [2.24, 2.45) is 5.92 Å². The number of amides is 2. The van der Waals surface area contributed by atoms with E-state index in [1.54, 1.807) is 0 Å². The molecule has 0 bridgehead atoms. The Morgan fingerprint density at radius 2 is 2.00 bits per heavy atom. The molecule has 0 aromatic rings. The summed E-state index contributed by atoms with van der Waals surface area (Å²) in [5.74, 6) is -1.52. The van der Waals surface area contributed by atoms with Crippen molar-refractivity contribution in [1.29, 1.82) is 0 Å². The Balaban J connectivity index is 3.77. The number of hydrogen-bond donors (Lipinski definition) is 2. The highest BCUT2D eigenvalue weighted by Gasteiger charge is 2.15. The number of carboxylic acids is 1. The third-order valence-corrected chi connectivity index (χ3v) is 2.03. The van der Waals surface area contributed by atoms with E-state index in [1.165, 1.54) is 14.0 Å². The highest BCUT2D eigenvalue weighted by atomic mass is 19.3. The SMILES string of the molecule is CC(CCNC(=O)N(C)CC(F)F)C(=O)O. The lowest BCUT2D eigenvalue weighted by Crippen LogP contribution is -2.40. The van der Waals surface area contributed by atoms with Gasteiger partial charge in [-0.05, 0) is 6.42 Å². The van der Waals surface area contributed by atoms with E-state index in [2.05, 4.69) is 5.32 Å². The molecule has 5 nitrogen and oxygen atoms in total. The molecule has 0 rings (SSSR count). The molecule has 0 heterocycles. The fraction of sp³-hybridized carbons (Fsp3) is 0.778. The van der Waals surface area contributed by atoms with E-state index >= 15 is 0 Å². The van der Waals surface area contributed by atoms with Gasteiger partial charge in [0.1, 0.15) is 0 Å². The summed E-state index contributed by atoms with van der Waals surface area (Å²) in [6.45, 7) is 1.03. The Kier molecular flexibility index (Phi) is 6.36. The average Bonchev–Trinajstić information content (AvgIpc) is 2.15. The molecule has 94 valence electrons. The van der Waals surface area contributed by atoms with Crippen molar-refractivity contribution in [3.63, 3.8) is 0 Å². The van der Waals surface area contributed by atoms with E-state index in [0.29, 0.717) is 0 Å². The molecule has 7 heteroatoms. The zero-order chi connectivity index (χ0) is 12.7. The van der Waals surface area contributed by atoms with Gasteiger partial charge in [0.05, 0.1) is 12.5 Å². The Morgan fingerprint density at radius 3 is 2.44 bits per heavy atom. The summed E-state index contributed by atoms with van der Waals surface area (Å²) in [5, 5.41) is 10.9.